The first-order chi connectivity index (χ1) is 13.3. The lowest BCUT2D eigenvalue weighted by Crippen LogP contribution is -2.04. The van der Waals surface area contributed by atoms with Gasteiger partial charge < -0.3 is 0 Å². The van der Waals surface area contributed by atoms with Crippen molar-refractivity contribution in [1.29, 1.82) is 0 Å². The maximum atomic E-state index is 12.9. The van der Waals surface area contributed by atoms with E-state index >= 15 is 0 Å². The number of alkyl halides is 3. The van der Waals surface area contributed by atoms with Gasteiger partial charge in [-0.05, 0) is 42.8 Å². The molecular formula is C22H18F3NOS. The summed E-state index contributed by atoms with van der Waals surface area (Å²) >= 11 is 0. The van der Waals surface area contributed by atoms with Crippen LogP contribution >= 0.6 is 0 Å². The van der Waals surface area contributed by atoms with E-state index in [2.05, 4.69) is 4.99 Å². The zero-order valence-electron chi connectivity index (χ0n) is 15.1. The van der Waals surface area contributed by atoms with Crippen molar-refractivity contribution in [1.82, 2.24) is 0 Å². The van der Waals surface area contributed by atoms with Gasteiger partial charge in [0.2, 0.25) is 0 Å². The number of hydrogen-bond donors (Lipinski definition) is 0. The molecule has 0 spiro atoms. The van der Waals surface area contributed by atoms with Gasteiger partial charge in [0.1, 0.15) is 0 Å². The second kappa shape index (κ2) is 8.52. The van der Waals surface area contributed by atoms with Crippen LogP contribution in [0.1, 0.15) is 22.3 Å². The largest absolute Gasteiger partial charge is 0.416 e. The highest BCUT2D eigenvalue weighted by atomic mass is 32.2. The van der Waals surface area contributed by atoms with Crippen molar-refractivity contribution in [3.05, 3.63) is 95.1 Å². The Morgan fingerprint density at radius 3 is 2.21 bits per heavy atom. The molecule has 3 aromatic carbocycles. The molecule has 0 aliphatic carbocycles. The van der Waals surface area contributed by atoms with E-state index in [1.807, 2.05) is 49.4 Å². The zero-order chi connectivity index (χ0) is 20.1. The van der Waals surface area contributed by atoms with E-state index in [4.69, 9.17) is 0 Å². The summed E-state index contributed by atoms with van der Waals surface area (Å²) in [6, 6.07) is 19.7. The van der Waals surface area contributed by atoms with Crippen molar-refractivity contribution in [3.8, 4) is 0 Å². The third-order valence-electron chi connectivity index (χ3n) is 4.14. The maximum absolute atomic E-state index is 12.9. The van der Waals surface area contributed by atoms with E-state index in [1.165, 1.54) is 12.1 Å². The van der Waals surface area contributed by atoms with Crippen molar-refractivity contribution in [2.45, 2.75) is 29.4 Å². The summed E-state index contributed by atoms with van der Waals surface area (Å²) in [6.45, 7) is 2.21. The van der Waals surface area contributed by atoms with Crippen LogP contribution < -0.4 is 0 Å². The van der Waals surface area contributed by atoms with Crippen LogP contribution in [0.2, 0.25) is 0 Å². The van der Waals surface area contributed by atoms with Gasteiger partial charge in [-0.1, -0.05) is 48.0 Å². The lowest BCUT2D eigenvalue weighted by molar-refractivity contribution is -0.137. The molecule has 0 heterocycles. The zero-order valence-corrected chi connectivity index (χ0v) is 15.9. The summed E-state index contributed by atoms with van der Waals surface area (Å²) in [5, 5.41) is 0. The highest BCUT2D eigenvalue weighted by Gasteiger charge is 2.29. The van der Waals surface area contributed by atoms with Crippen molar-refractivity contribution in [2.75, 3.05) is 0 Å². The van der Waals surface area contributed by atoms with E-state index in [9.17, 15) is 17.4 Å². The number of rotatable bonds is 5. The Balaban J connectivity index is 1.76. The summed E-state index contributed by atoms with van der Waals surface area (Å²) in [4.78, 5) is 5.66. The van der Waals surface area contributed by atoms with Crippen LogP contribution in [-0.2, 0) is 23.5 Å². The minimum atomic E-state index is -4.35. The number of aryl methyl sites for hydroxylation is 1. The lowest BCUT2D eigenvalue weighted by atomic mass is 10.1. The van der Waals surface area contributed by atoms with Gasteiger partial charge in [-0.2, -0.15) is 13.2 Å². The van der Waals surface area contributed by atoms with E-state index in [0.717, 1.165) is 17.7 Å². The average molecular weight is 401 g/mol. The maximum Gasteiger partial charge on any atom is 0.416 e. The van der Waals surface area contributed by atoms with Crippen LogP contribution in [0.5, 0.6) is 0 Å². The Kier molecular flexibility index (Phi) is 6.09. The molecule has 0 saturated heterocycles. The molecule has 144 valence electrons. The van der Waals surface area contributed by atoms with Crippen LogP contribution in [0.3, 0.4) is 0 Å². The molecule has 0 N–H and O–H groups in total. The fourth-order valence-corrected chi connectivity index (χ4v) is 3.77. The number of nitrogens with zero attached hydrogens (tertiary/aromatic N) is 1. The predicted octanol–water partition coefficient (Wildman–Crippen LogP) is 5.80. The van der Waals surface area contributed by atoms with Gasteiger partial charge >= 0.3 is 6.18 Å². The monoisotopic (exact) mass is 401 g/mol. The molecule has 0 amide bonds. The molecular weight excluding hydrogens is 383 g/mol. The second-order valence-corrected chi connectivity index (χ2v) is 7.73. The minimum Gasteiger partial charge on any atom is -0.288 e. The number of aliphatic imine (C=N–C) groups is 1. The Hall–Kier alpha value is -2.73. The van der Waals surface area contributed by atoms with Crippen LogP contribution in [0.25, 0.3) is 0 Å². The van der Waals surface area contributed by atoms with Gasteiger partial charge in [0.25, 0.3) is 0 Å². The van der Waals surface area contributed by atoms with Crippen LogP contribution in [-0.4, -0.2) is 10.4 Å². The van der Waals surface area contributed by atoms with Crippen LogP contribution in [0.4, 0.5) is 13.2 Å². The van der Waals surface area contributed by atoms with Gasteiger partial charge in [0.15, 0.2) is 0 Å². The van der Waals surface area contributed by atoms with Crippen molar-refractivity contribution < 1.29 is 17.4 Å². The summed E-state index contributed by atoms with van der Waals surface area (Å²) < 4.78 is 50.7. The molecule has 0 fully saturated rings. The van der Waals surface area contributed by atoms with E-state index in [0.29, 0.717) is 20.9 Å². The number of benzene rings is 3. The molecule has 0 radical (unpaired) electrons. The predicted molar refractivity (Wildman–Crippen MR) is 105 cm³/mol. The normalized spacial score (nSPS) is 13.0. The Morgan fingerprint density at radius 1 is 0.929 bits per heavy atom. The second-order valence-electron chi connectivity index (χ2n) is 6.28. The van der Waals surface area contributed by atoms with Gasteiger partial charge in [0, 0.05) is 16.7 Å². The van der Waals surface area contributed by atoms with Crippen molar-refractivity contribution >= 4 is 17.0 Å². The molecule has 3 aromatic rings. The fourth-order valence-electron chi connectivity index (χ4n) is 2.59. The van der Waals surface area contributed by atoms with Gasteiger partial charge in [-0.25, -0.2) is 4.21 Å². The van der Waals surface area contributed by atoms with E-state index < -0.39 is 22.5 Å². The van der Waals surface area contributed by atoms with Crippen molar-refractivity contribution in [2.24, 2.45) is 4.99 Å². The topological polar surface area (TPSA) is 29.4 Å². The van der Waals surface area contributed by atoms with Gasteiger partial charge in [-0.15, -0.1) is 0 Å². The summed E-state index contributed by atoms with van der Waals surface area (Å²) in [5.41, 5.74) is 1.79. The van der Waals surface area contributed by atoms with Crippen molar-refractivity contribution in [3.63, 3.8) is 0 Å². The molecule has 0 aliphatic heterocycles. The quantitative estimate of drug-likeness (QED) is 0.497. The molecule has 0 saturated carbocycles. The summed E-state index contributed by atoms with van der Waals surface area (Å²) in [6.07, 6.45) is -2.74. The summed E-state index contributed by atoms with van der Waals surface area (Å²) in [5.74, 6) is 0. The highest BCUT2D eigenvalue weighted by Crippen LogP contribution is 2.29. The van der Waals surface area contributed by atoms with Gasteiger partial charge in [-0.3, -0.25) is 4.99 Å². The highest BCUT2D eigenvalue weighted by molar-refractivity contribution is 7.85. The fraction of sp³-hybridized carbons (Fsp3) is 0.136. The molecule has 0 unspecified atom stereocenters. The average Bonchev–Trinajstić information content (AvgIpc) is 2.68. The molecule has 2 nitrogen and oxygen atoms in total. The standard InChI is InChI=1S/C22H18F3NOS/c1-16-6-12-20(13-7-16)28(27)21-5-3-2-4-18(21)15-26-14-17-8-10-19(11-9-17)22(23,24)25/h2-13,15H,14H2,1H3/t28-/m0/s1. The lowest BCUT2D eigenvalue weighted by Gasteiger charge is -2.07. The van der Waals surface area contributed by atoms with Crippen LogP contribution in [0, 0.1) is 6.92 Å². The van der Waals surface area contributed by atoms with E-state index in [1.54, 1.807) is 12.3 Å². The van der Waals surface area contributed by atoms with E-state index in [-0.39, 0.29) is 6.54 Å². The molecule has 3 rings (SSSR count). The third kappa shape index (κ3) is 4.95. The Labute approximate surface area is 164 Å². The molecule has 1 atom stereocenters. The molecule has 0 aromatic heterocycles. The summed E-state index contributed by atoms with van der Waals surface area (Å²) in [7, 11) is -1.34. The molecule has 0 bridgehead atoms. The Bertz CT molecular complexity index is 994. The Morgan fingerprint density at radius 2 is 1.57 bits per heavy atom. The number of hydrogen-bond acceptors (Lipinski definition) is 2. The minimum absolute atomic E-state index is 0.240. The first-order valence-electron chi connectivity index (χ1n) is 8.58. The van der Waals surface area contributed by atoms with Crippen LogP contribution in [0.15, 0.2) is 87.6 Å². The smallest absolute Gasteiger partial charge is 0.288 e. The molecule has 28 heavy (non-hydrogen) atoms. The first kappa shape index (κ1) is 20.0. The molecule has 0 aliphatic rings. The third-order valence-corrected chi connectivity index (χ3v) is 5.61. The SMILES string of the molecule is Cc1ccc([S@](=O)c2ccccc2C=NCc2ccc(C(F)(F)F)cc2)cc1. The van der Waals surface area contributed by atoms with Gasteiger partial charge in [0.05, 0.1) is 27.8 Å². The molecule has 6 heteroatoms. The number of halogens is 3. The first-order valence-corrected chi connectivity index (χ1v) is 9.73.